The Kier molecular flexibility index (Phi) is 9.62. The Balaban J connectivity index is 2.11. The summed E-state index contributed by atoms with van der Waals surface area (Å²) in [5, 5.41) is 2.91. The molecule has 7 heteroatoms. The standard InChI is InChI=1S/C25H38N4O3/c1-7-32-23-12-10-21(11-13-23)26-25(31)29(16-20(4)5)18-24(30)28(15-19(2)3)17-22-9-8-14-27(22)6/h8-14,19-20H,7,15-18H2,1-6H3,(H,26,31). The molecule has 2 aromatic rings. The van der Waals surface area contributed by atoms with Crippen LogP contribution < -0.4 is 10.1 Å². The largest absolute Gasteiger partial charge is 0.494 e. The van der Waals surface area contributed by atoms with Crippen LogP contribution in [-0.4, -0.2) is 52.5 Å². The number of carbonyl (C=O) groups excluding carboxylic acids is 2. The van der Waals surface area contributed by atoms with Gasteiger partial charge in [0.25, 0.3) is 0 Å². The zero-order valence-corrected chi connectivity index (χ0v) is 20.3. The van der Waals surface area contributed by atoms with E-state index in [1.807, 2.05) is 67.7 Å². The highest BCUT2D eigenvalue weighted by Gasteiger charge is 2.23. The van der Waals surface area contributed by atoms with Crippen molar-refractivity contribution < 1.29 is 14.3 Å². The van der Waals surface area contributed by atoms with Crippen LogP contribution in [0.15, 0.2) is 42.6 Å². The number of hydrogen-bond acceptors (Lipinski definition) is 3. The molecule has 1 aromatic heterocycles. The summed E-state index contributed by atoms with van der Waals surface area (Å²) in [6, 6.07) is 11.0. The summed E-state index contributed by atoms with van der Waals surface area (Å²) in [6.07, 6.45) is 1.97. The number of nitrogens with one attached hydrogen (secondary N) is 1. The van der Waals surface area contributed by atoms with E-state index in [1.165, 1.54) is 0 Å². The van der Waals surface area contributed by atoms with Crippen molar-refractivity contribution in [2.75, 3.05) is 31.6 Å². The Morgan fingerprint density at radius 1 is 1.00 bits per heavy atom. The van der Waals surface area contributed by atoms with Crippen molar-refractivity contribution in [1.29, 1.82) is 0 Å². The van der Waals surface area contributed by atoms with Gasteiger partial charge in [-0.1, -0.05) is 27.7 Å². The molecule has 0 saturated heterocycles. The first-order valence-electron chi connectivity index (χ1n) is 11.4. The monoisotopic (exact) mass is 442 g/mol. The lowest BCUT2D eigenvalue weighted by molar-refractivity contribution is -0.133. The zero-order chi connectivity index (χ0) is 23.7. The molecule has 3 amide bonds. The van der Waals surface area contributed by atoms with Crippen LogP contribution in [0.5, 0.6) is 5.75 Å². The summed E-state index contributed by atoms with van der Waals surface area (Å²) in [5.74, 6) is 1.27. The molecule has 0 fully saturated rings. The number of amides is 3. The van der Waals surface area contributed by atoms with E-state index in [2.05, 4.69) is 19.2 Å². The van der Waals surface area contributed by atoms with Crippen LogP contribution >= 0.6 is 0 Å². The molecule has 0 bridgehead atoms. The third-order valence-corrected chi connectivity index (χ3v) is 4.96. The molecular weight excluding hydrogens is 404 g/mol. The van der Waals surface area contributed by atoms with Crippen molar-refractivity contribution in [3.63, 3.8) is 0 Å². The van der Waals surface area contributed by atoms with Gasteiger partial charge in [-0.3, -0.25) is 4.79 Å². The minimum atomic E-state index is -0.278. The molecule has 0 aliphatic heterocycles. The minimum absolute atomic E-state index is 0.0399. The second-order valence-electron chi connectivity index (χ2n) is 8.94. The lowest BCUT2D eigenvalue weighted by atomic mass is 10.2. The average Bonchev–Trinajstić information content (AvgIpc) is 3.12. The molecule has 1 aromatic carbocycles. The van der Waals surface area contributed by atoms with Gasteiger partial charge in [-0.25, -0.2) is 4.79 Å². The molecule has 7 nitrogen and oxygen atoms in total. The van der Waals surface area contributed by atoms with Crippen molar-refractivity contribution in [2.45, 2.75) is 41.2 Å². The molecule has 0 aliphatic rings. The third kappa shape index (κ3) is 7.94. The summed E-state index contributed by atoms with van der Waals surface area (Å²) in [6.45, 7) is 12.5. The van der Waals surface area contributed by atoms with E-state index in [0.717, 1.165) is 11.4 Å². The van der Waals surface area contributed by atoms with E-state index in [9.17, 15) is 9.59 Å². The van der Waals surface area contributed by atoms with Crippen LogP contribution in [0.25, 0.3) is 0 Å². The number of nitrogens with zero attached hydrogens (tertiary/aromatic N) is 3. The van der Waals surface area contributed by atoms with Gasteiger partial charge in [0.05, 0.1) is 13.2 Å². The van der Waals surface area contributed by atoms with Gasteiger partial charge in [-0.05, 0) is 55.2 Å². The van der Waals surface area contributed by atoms with Gasteiger partial charge >= 0.3 is 6.03 Å². The Hall–Kier alpha value is -2.96. The van der Waals surface area contributed by atoms with Crippen molar-refractivity contribution in [2.24, 2.45) is 18.9 Å². The Morgan fingerprint density at radius 2 is 1.62 bits per heavy atom. The van der Waals surface area contributed by atoms with E-state index < -0.39 is 0 Å². The number of rotatable bonds is 11. The molecule has 0 aliphatic carbocycles. The number of anilines is 1. The molecule has 1 N–H and O–H groups in total. The predicted octanol–water partition coefficient (Wildman–Crippen LogP) is 4.60. The molecule has 32 heavy (non-hydrogen) atoms. The second-order valence-corrected chi connectivity index (χ2v) is 8.94. The summed E-state index contributed by atoms with van der Waals surface area (Å²) >= 11 is 0. The van der Waals surface area contributed by atoms with Crippen LogP contribution in [0.1, 0.15) is 40.3 Å². The Morgan fingerprint density at radius 3 is 2.16 bits per heavy atom. The smallest absolute Gasteiger partial charge is 0.322 e. The molecule has 2 rings (SSSR count). The predicted molar refractivity (Wildman–Crippen MR) is 129 cm³/mol. The normalized spacial score (nSPS) is 11.0. The van der Waals surface area contributed by atoms with Gasteiger partial charge in [0, 0.05) is 37.7 Å². The minimum Gasteiger partial charge on any atom is -0.494 e. The van der Waals surface area contributed by atoms with Gasteiger partial charge in [0.2, 0.25) is 5.91 Å². The zero-order valence-electron chi connectivity index (χ0n) is 20.3. The van der Waals surface area contributed by atoms with Gasteiger partial charge in [0.15, 0.2) is 0 Å². The average molecular weight is 443 g/mol. The van der Waals surface area contributed by atoms with Gasteiger partial charge in [0.1, 0.15) is 12.3 Å². The topological polar surface area (TPSA) is 66.8 Å². The number of aromatic nitrogens is 1. The quantitative estimate of drug-likeness (QED) is 0.553. The fourth-order valence-electron chi connectivity index (χ4n) is 3.48. The van der Waals surface area contributed by atoms with Crippen molar-refractivity contribution >= 4 is 17.6 Å². The van der Waals surface area contributed by atoms with Crippen LogP contribution in [-0.2, 0) is 18.4 Å². The summed E-state index contributed by atoms with van der Waals surface area (Å²) < 4.78 is 7.47. The summed E-state index contributed by atoms with van der Waals surface area (Å²) in [5.41, 5.74) is 1.73. The highest BCUT2D eigenvalue weighted by molar-refractivity contribution is 5.92. The van der Waals surface area contributed by atoms with Crippen LogP contribution in [0, 0.1) is 11.8 Å². The summed E-state index contributed by atoms with van der Waals surface area (Å²) in [4.78, 5) is 29.7. The maximum Gasteiger partial charge on any atom is 0.322 e. The molecule has 1 heterocycles. The van der Waals surface area contributed by atoms with Crippen LogP contribution in [0.2, 0.25) is 0 Å². The number of aryl methyl sites for hydroxylation is 1. The maximum atomic E-state index is 13.3. The van der Waals surface area contributed by atoms with Crippen molar-refractivity contribution in [3.8, 4) is 5.75 Å². The van der Waals surface area contributed by atoms with E-state index in [4.69, 9.17) is 4.74 Å². The molecule has 0 saturated carbocycles. The Labute approximate surface area is 192 Å². The van der Waals surface area contributed by atoms with Gasteiger partial charge < -0.3 is 24.4 Å². The Bertz CT molecular complexity index is 858. The lowest BCUT2D eigenvalue weighted by Crippen LogP contribution is -2.46. The van der Waals surface area contributed by atoms with Crippen molar-refractivity contribution in [3.05, 3.63) is 48.3 Å². The van der Waals surface area contributed by atoms with Crippen molar-refractivity contribution in [1.82, 2.24) is 14.4 Å². The van der Waals surface area contributed by atoms with E-state index in [-0.39, 0.29) is 24.4 Å². The van der Waals surface area contributed by atoms with E-state index in [1.54, 1.807) is 17.0 Å². The van der Waals surface area contributed by atoms with Gasteiger partial charge in [-0.2, -0.15) is 0 Å². The number of hydrogen-bond donors (Lipinski definition) is 1. The van der Waals surface area contributed by atoms with E-state index >= 15 is 0 Å². The first kappa shape index (κ1) is 25.3. The lowest BCUT2D eigenvalue weighted by Gasteiger charge is -2.30. The fourth-order valence-corrected chi connectivity index (χ4v) is 3.48. The van der Waals surface area contributed by atoms with E-state index in [0.29, 0.717) is 37.8 Å². The molecular formula is C25H38N4O3. The highest BCUT2D eigenvalue weighted by Crippen LogP contribution is 2.17. The van der Waals surface area contributed by atoms with Crippen LogP contribution in [0.3, 0.4) is 0 Å². The number of urea groups is 1. The molecule has 0 radical (unpaired) electrons. The number of carbonyl (C=O) groups is 2. The molecule has 0 spiro atoms. The highest BCUT2D eigenvalue weighted by atomic mass is 16.5. The number of benzene rings is 1. The fraction of sp³-hybridized carbons (Fsp3) is 0.520. The first-order valence-corrected chi connectivity index (χ1v) is 11.4. The van der Waals surface area contributed by atoms with Crippen LogP contribution in [0.4, 0.5) is 10.5 Å². The maximum absolute atomic E-state index is 13.3. The number of ether oxygens (including phenoxy) is 1. The third-order valence-electron chi connectivity index (χ3n) is 4.96. The first-order chi connectivity index (χ1) is 15.2. The molecule has 0 atom stereocenters. The SMILES string of the molecule is CCOc1ccc(NC(=O)N(CC(=O)N(Cc2cccn2C)CC(C)C)CC(C)C)cc1. The molecule has 0 unspecified atom stereocenters. The van der Waals surface area contributed by atoms with Gasteiger partial charge in [-0.15, -0.1) is 0 Å². The second kappa shape index (κ2) is 12.2. The summed E-state index contributed by atoms with van der Waals surface area (Å²) in [7, 11) is 1.97. The molecule has 176 valence electrons.